The van der Waals surface area contributed by atoms with E-state index in [9.17, 15) is 35.9 Å². The van der Waals surface area contributed by atoms with E-state index >= 15 is 0 Å². The van der Waals surface area contributed by atoms with Crippen molar-refractivity contribution in [3.63, 3.8) is 0 Å². The van der Waals surface area contributed by atoms with Crippen LogP contribution in [0.5, 0.6) is 0 Å². The molecule has 2 aromatic carbocycles. The van der Waals surface area contributed by atoms with Crippen LogP contribution in [0.15, 0.2) is 48.5 Å². The molecule has 4 rings (SSSR count). The third-order valence-electron chi connectivity index (χ3n) is 8.31. The number of halogens is 6. The van der Waals surface area contributed by atoms with Gasteiger partial charge in [-0.15, -0.1) is 0 Å². The van der Waals surface area contributed by atoms with Crippen molar-refractivity contribution in [3.8, 4) is 0 Å². The van der Waals surface area contributed by atoms with Crippen LogP contribution in [0.25, 0.3) is 0 Å². The van der Waals surface area contributed by atoms with Gasteiger partial charge in [0.1, 0.15) is 0 Å². The van der Waals surface area contributed by atoms with Crippen molar-refractivity contribution in [3.05, 3.63) is 70.8 Å². The van der Waals surface area contributed by atoms with Gasteiger partial charge in [0.15, 0.2) is 0 Å². The zero-order chi connectivity index (χ0) is 31.4. The minimum Gasteiger partial charge on any atom is -0.370 e. The van der Waals surface area contributed by atoms with E-state index in [-0.39, 0.29) is 41.2 Å². The average molecular weight is 615 g/mol. The molecule has 1 saturated heterocycles. The zero-order valence-electron chi connectivity index (χ0n) is 24.0. The van der Waals surface area contributed by atoms with E-state index in [1.807, 2.05) is 30.3 Å². The van der Waals surface area contributed by atoms with E-state index in [0.717, 1.165) is 5.56 Å². The molecule has 43 heavy (non-hydrogen) atoms. The SMILES string of the molecule is CCONC(=O)[C@H]1CC[C@H](C(=O)N2CC[C@H](O[C@H](C)c3cc(C(F)(F)F)cc(C(F)(F)F)c3)[C@H](c3ccccc3)C2)CC1. The number of piperidine rings is 1. The third kappa shape index (κ3) is 8.29. The number of nitrogens with zero attached hydrogens (tertiary/aromatic N) is 1. The van der Waals surface area contributed by atoms with Crippen molar-refractivity contribution in [1.29, 1.82) is 0 Å². The van der Waals surface area contributed by atoms with Crippen molar-refractivity contribution in [2.45, 2.75) is 76.4 Å². The number of hydrogen-bond acceptors (Lipinski definition) is 4. The Hall–Kier alpha value is -3.12. The van der Waals surface area contributed by atoms with E-state index in [0.29, 0.717) is 63.9 Å². The Morgan fingerprint density at radius 1 is 0.907 bits per heavy atom. The van der Waals surface area contributed by atoms with Gasteiger partial charge in [-0.05, 0) is 75.3 Å². The van der Waals surface area contributed by atoms with Gasteiger partial charge in [0.2, 0.25) is 11.8 Å². The average Bonchev–Trinajstić information content (AvgIpc) is 2.99. The molecule has 1 saturated carbocycles. The molecular weight excluding hydrogens is 578 g/mol. The third-order valence-corrected chi connectivity index (χ3v) is 8.31. The summed E-state index contributed by atoms with van der Waals surface area (Å²) in [6, 6.07) is 10.7. The van der Waals surface area contributed by atoms with E-state index in [1.165, 1.54) is 6.92 Å². The van der Waals surface area contributed by atoms with Crippen molar-refractivity contribution >= 4 is 11.8 Å². The van der Waals surface area contributed by atoms with E-state index in [2.05, 4.69) is 5.48 Å². The van der Waals surface area contributed by atoms with Gasteiger partial charge in [0.05, 0.1) is 29.9 Å². The molecule has 2 fully saturated rings. The highest BCUT2D eigenvalue weighted by molar-refractivity contribution is 5.81. The fourth-order valence-corrected chi connectivity index (χ4v) is 5.96. The summed E-state index contributed by atoms with van der Waals surface area (Å²) in [5, 5.41) is 0. The van der Waals surface area contributed by atoms with Gasteiger partial charge in [0, 0.05) is 30.8 Å². The fraction of sp³-hybridized carbons (Fsp3) is 0.548. The van der Waals surface area contributed by atoms with Gasteiger partial charge in [0.25, 0.3) is 0 Å². The molecule has 3 atom stereocenters. The van der Waals surface area contributed by atoms with Gasteiger partial charge in [-0.3, -0.25) is 14.4 Å². The topological polar surface area (TPSA) is 67.9 Å². The van der Waals surface area contributed by atoms with Gasteiger partial charge < -0.3 is 9.64 Å². The van der Waals surface area contributed by atoms with Gasteiger partial charge in [-0.2, -0.15) is 26.3 Å². The molecule has 1 aliphatic carbocycles. The summed E-state index contributed by atoms with van der Waals surface area (Å²) < 4.78 is 86.9. The second kappa shape index (κ2) is 13.7. The van der Waals surface area contributed by atoms with Crippen LogP contribution in [-0.2, 0) is 31.5 Å². The first-order valence-corrected chi connectivity index (χ1v) is 14.5. The van der Waals surface area contributed by atoms with Crippen LogP contribution in [-0.4, -0.2) is 42.5 Å². The quantitative estimate of drug-likeness (QED) is 0.256. The summed E-state index contributed by atoms with van der Waals surface area (Å²) in [7, 11) is 0. The molecule has 6 nitrogen and oxygen atoms in total. The van der Waals surface area contributed by atoms with Crippen molar-refractivity contribution < 1.29 is 45.5 Å². The lowest BCUT2D eigenvalue weighted by atomic mass is 9.80. The lowest BCUT2D eigenvalue weighted by Gasteiger charge is -2.41. The molecule has 236 valence electrons. The molecule has 2 aliphatic rings. The summed E-state index contributed by atoms with van der Waals surface area (Å²) in [6.07, 6.45) is -8.94. The monoisotopic (exact) mass is 614 g/mol. The fourth-order valence-electron chi connectivity index (χ4n) is 5.96. The maximum Gasteiger partial charge on any atom is 0.416 e. The van der Waals surface area contributed by atoms with Crippen LogP contribution < -0.4 is 5.48 Å². The van der Waals surface area contributed by atoms with Crippen LogP contribution in [0.2, 0.25) is 0 Å². The molecule has 1 heterocycles. The second-order valence-electron chi connectivity index (χ2n) is 11.2. The highest BCUT2D eigenvalue weighted by atomic mass is 19.4. The summed E-state index contributed by atoms with van der Waals surface area (Å²) in [4.78, 5) is 32.5. The molecule has 12 heteroatoms. The second-order valence-corrected chi connectivity index (χ2v) is 11.2. The molecule has 0 bridgehead atoms. The van der Waals surface area contributed by atoms with Gasteiger partial charge >= 0.3 is 12.4 Å². The normalized spacial score (nSPS) is 24.0. The molecule has 1 aliphatic heterocycles. The Kier molecular flexibility index (Phi) is 10.4. The predicted molar refractivity (Wildman–Crippen MR) is 145 cm³/mol. The molecule has 1 N–H and O–H groups in total. The summed E-state index contributed by atoms with van der Waals surface area (Å²) in [5.74, 6) is -1.02. The highest BCUT2D eigenvalue weighted by Crippen LogP contribution is 2.40. The maximum absolute atomic E-state index is 13.5. The Morgan fingerprint density at radius 3 is 2.05 bits per heavy atom. The molecule has 0 unspecified atom stereocenters. The highest BCUT2D eigenvalue weighted by Gasteiger charge is 2.40. The first-order chi connectivity index (χ1) is 20.3. The van der Waals surface area contributed by atoms with Crippen LogP contribution in [0, 0.1) is 11.8 Å². The van der Waals surface area contributed by atoms with Crippen molar-refractivity contribution in [2.24, 2.45) is 11.8 Å². The standard InChI is InChI=1S/C31H36F6N2O4/c1-3-42-38-28(40)21-9-11-22(12-10-21)29(41)39-14-13-27(26(18-39)20-7-5-4-6-8-20)43-19(2)23-15-24(30(32,33)34)17-25(16-23)31(35,36)37/h4-8,15-17,19,21-22,26-27H,3,9-14,18H2,1-2H3,(H,38,40)/t19-,21-,22-,26+,27+/m1/s1. The van der Waals surface area contributed by atoms with E-state index in [1.54, 1.807) is 11.8 Å². The van der Waals surface area contributed by atoms with Crippen molar-refractivity contribution in [2.75, 3.05) is 19.7 Å². The van der Waals surface area contributed by atoms with Crippen LogP contribution >= 0.6 is 0 Å². The summed E-state index contributed by atoms with van der Waals surface area (Å²) >= 11 is 0. The van der Waals surface area contributed by atoms with Gasteiger partial charge in [-0.25, -0.2) is 5.48 Å². The predicted octanol–water partition coefficient (Wildman–Crippen LogP) is 7.06. The van der Waals surface area contributed by atoms with Crippen LogP contribution in [0.4, 0.5) is 26.3 Å². The number of nitrogens with one attached hydrogen (secondary N) is 1. The Morgan fingerprint density at radius 2 is 1.49 bits per heavy atom. The number of alkyl halides is 6. The lowest BCUT2D eigenvalue weighted by Crippen LogP contribution is -2.48. The summed E-state index contributed by atoms with van der Waals surface area (Å²) in [6.45, 7) is 4.19. The van der Waals surface area contributed by atoms with Crippen molar-refractivity contribution in [1.82, 2.24) is 10.4 Å². The Bertz CT molecular complexity index is 1210. The van der Waals surface area contributed by atoms with Crippen LogP contribution in [0.1, 0.15) is 80.2 Å². The number of carbonyl (C=O) groups is 2. The number of hydrogen-bond donors (Lipinski definition) is 1. The largest absolute Gasteiger partial charge is 0.416 e. The number of ether oxygens (including phenoxy) is 1. The minimum atomic E-state index is -4.96. The van der Waals surface area contributed by atoms with E-state index in [4.69, 9.17) is 9.57 Å². The number of amides is 2. The molecule has 0 spiro atoms. The number of carbonyl (C=O) groups excluding carboxylic acids is 2. The number of benzene rings is 2. The lowest BCUT2D eigenvalue weighted by molar-refractivity contribution is -0.144. The molecule has 2 amide bonds. The first kappa shape index (κ1) is 32.8. The Labute approximate surface area is 246 Å². The zero-order valence-corrected chi connectivity index (χ0v) is 24.0. The number of rotatable bonds is 8. The number of hydroxylamine groups is 1. The first-order valence-electron chi connectivity index (χ1n) is 14.5. The molecule has 0 aromatic heterocycles. The van der Waals surface area contributed by atoms with Gasteiger partial charge in [-0.1, -0.05) is 30.3 Å². The maximum atomic E-state index is 13.5. The molecule has 0 radical (unpaired) electrons. The minimum absolute atomic E-state index is 0.0243. The number of likely N-dealkylation sites (tertiary alicyclic amines) is 1. The van der Waals surface area contributed by atoms with Crippen LogP contribution in [0.3, 0.4) is 0 Å². The smallest absolute Gasteiger partial charge is 0.370 e. The van der Waals surface area contributed by atoms with E-state index < -0.39 is 35.7 Å². The molecule has 2 aromatic rings. The Balaban J connectivity index is 1.48. The molecular formula is C31H36F6N2O4. The summed E-state index contributed by atoms with van der Waals surface area (Å²) in [5.41, 5.74) is 0.276.